The van der Waals surface area contributed by atoms with Gasteiger partial charge in [-0.05, 0) is 36.4 Å². The zero-order valence-corrected chi connectivity index (χ0v) is 19.4. The summed E-state index contributed by atoms with van der Waals surface area (Å²) in [6.07, 6.45) is -0.466. The number of alkyl halides is 3. The van der Waals surface area contributed by atoms with Crippen molar-refractivity contribution >= 4 is 55.7 Å². The van der Waals surface area contributed by atoms with Crippen molar-refractivity contribution in [3.05, 3.63) is 81.9 Å². The molecule has 13 heteroatoms. The van der Waals surface area contributed by atoms with E-state index in [1.54, 1.807) is 23.9 Å². The summed E-state index contributed by atoms with van der Waals surface area (Å²) in [7, 11) is -2.82. The van der Waals surface area contributed by atoms with Gasteiger partial charge in [0, 0.05) is 6.20 Å². The van der Waals surface area contributed by atoms with Crippen LogP contribution in [0.15, 0.2) is 59.9 Å². The van der Waals surface area contributed by atoms with Crippen molar-refractivity contribution in [3.8, 4) is 0 Å². The van der Waals surface area contributed by atoms with Crippen LogP contribution in [-0.4, -0.2) is 24.2 Å². The molecule has 0 aliphatic rings. The number of aryl methyl sites for hydroxylation is 1. The van der Waals surface area contributed by atoms with Crippen LogP contribution in [0.5, 0.6) is 0 Å². The average molecular weight is 530 g/mol. The number of H-pyrrole nitrogens is 1. The maximum absolute atomic E-state index is 13.4. The number of rotatable bonds is 5. The van der Waals surface area contributed by atoms with Crippen LogP contribution in [0.4, 0.5) is 18.9 Å². The number of hydrogen-bond donors (Lipinski definition) is 2. The number of sulfonamides is 1. The molecule has 0 atom stereocenters. The summed E-state index contributed by atoms with van der Waals surface area (Å²) in [5, 5.41) is -0.0651. The lowest BCUT2D eigenvalue weighted by Gasteiger charge is -2.14. The molecule has 0 aliphatic carbocycles. The van der Waals surface area contributed by atoms with E-state index < -0.39 is 37.5 Å². The summed E-state index contributed by atoms with van der Waals surface area (Å²) < 4.78 is 69.2. The average Bonchev–Trinajstić information content (AvgIpc) is 3.23. The molecular weight excluding hydrogens is 516 g/mol. The van der Waals surface area contributed by atoms with E-state index in [-0.39, 0.29) is 22.0 Å². The molecule has 0 fully saturated rings. The molecule has 0 saturated carbocycles. The highest BCUT2D eigenvalue weighted by Gasteiger charge is 2.35. The summed E-state index contributed by atoms with van der Waals surface area (Å²) >= 11 is 11.9. The van der Waals surface area contributed by atoms with Crippen LogP contribution < -0.4 is 9.29 Å². The standard InChI is InChI=1S/C21H13Cl2F3N4O3S/c1-30-10-15(23)17(12-6-8-28-20(12)30)19(31)18-16(3-2-7-27-18)29-34(32,33)11-4-5-14(22)13(9-11)21(24,25)26/h2-10H,1H3,(H,29,31)/p+1. The maximum atomic E-state index is 13.4. The van der Waals surface area contributed by atoms with Gasteiger partial charge < -0.3 is 0 Å². The number of carbonyl (C=O) groups is 1. The van der Waals surface area contributed by atoms with Crippen molar-refractivity contribution in [3.63, 3.8) is 0 Å². The van der Waals surface area contributed by atoms with E-state index in [1.165, 1.54) is 24.5 Å². The molecule has 3 aromatic heterocycles. The molecule has 2 N–H and O–H groups in total. The Kier molecular flexibility index (Phi) is 6.05. The highest BCUT2D eigenvalue weighted by atomic mass is 35.5. The number of aromatic amines is 1. The molecular formula is C21H14Cl2F3N4O3S+. The summed E-state index contributed by atoms with van der Waals surface area (Å²) in [6, 6.07) is 6.45. The second kappa shape index (κ2) is 8.57. The van der Waals surface area contributed by atoms with E-state index in [9.17, 15) is 26.4 Å². The Morgan fingerprint density at radius 3 is 2.59 bits per heavy atom. The topological polar surface area (TPSA) is 95.8 Å². The van der Waals surface area contributed by atoms with Gasteiger partial charge in [0.25, 0.3) is 15.7 Å². The summed E-state index contributed by atoms with van der Waals surface area (Å²) in [5.74, 6) is -0.680. The van der Waals surface area contributed by atoms with E-state index in [0.29, 0.717) is 17.1 Å². The Morgan fingerprint density at radius 1 is 1.15 bits per heavy atom. The highest BCUT2D eigenvalue weighted by molar-refractivity contribution is 7.92. The van der Waals surface area contributed by atoms with Crippen LogP contribution in [0.2, 0.25) is 10.0 Å². The van der Waals surface area contributed by atoms with Crippen molar-refractivity contribution < 1.29 is 31.0 Å². The van der Waals surface area contributed by atoms with Crippen LogP contribution in [0.25, 0.3) is 11.0 Å². The molecule has 4 aromatic rings. The number of ketones is 1. The number of pyridine rings is 2. The number of anilines is 1. The zero-order valence-electron chi connectivity index (χ0n) is 17.1. The van der Waals surface area contributed by atoms with E-state index in [2.05, 4.69) is 14.7 Å². The van der Waals surface area contributed by atoms with Crippen molar-refractivity contribution in [1.29, 1.82) is 0 Å². The molecule has 4 rings (SSSR count). The largest absolute Gasteiger partial charge is 0.417 e. The molecule has 3 heterocycles. The van der Waals surface area contributed by atoms with Gasteiger partial charge in [-0.15, -0.1) is 0 Å². The lowest BCUT2D eigenvalue weighted by molar-refractivity contribution is -0.646. The number of nitrogens with zero attached hydrogens (tertiary/aromatic N) is 2. The van der Waals surface area contributed by atoms with E-state index >= 15 is 0 Å². The number of halogens is 5. The molecule has 0 unspecified atom stereocenters. The van der Waals surface area contributed by atoms with Gasteiger partial charge in [0.05, 0.1) is 50.4 Å². The van der Waals surface area contributed by atoms with Crippen molar-refractivity contribution in [2.75, 3.05) is 4.72 Å². The summed E-state index contributed by atoms with van der Waals surface area (Å²) in [4.78, 5) is 19.7. The molecule has 1 aromatic carbocycles. The fourth-order valence-corrected chi connectivity index (χ4v) is 5.04. The summed E-state index contributed by atoms with van der Waals surface area (Å²) in [5.41, 5.74) is -1.15. The Labute approximate surface area is 201 Å². The Morgan fingerprint density at radius 2 is 1.88 bits per heavy atom. The van der Waals surface area contributed by atoms with Crippen molar-refractivity contribution in [2.24, 2.45) is 7.05 Å². The second-order valence-electron chi connectivity index (χ2n) is 7.18. The molecule has 176 valence electrons. The van der Waals surface area contributed by atoms with Crippen molar-refractivity contribution in [2.45, 2.75) is 11.1 Å². The van der Waals surface area contributed by atoms with Gasteiger partial charge in [0.15, 0.2) is 0 Å². The zero-order chi connectivity index (χ0) is 24.8. The highest BCUT2D eigenvalue weighted by Crippen LogP contribution is 2.36. The van der Waals surface area contributed by atoms with E-state index in [1.807, 2.05) is 0 Å². The van der Waals surface area contributed by atoms with E-state index in [0.717, 1.165) is 12.1 Å². The van der Waals surface area contributed by atoms with Gasteiger partial charge in [-0.2, -0.15) is 13.2 Å². The molecule has 0 saturated heterocycles. The minimum absolute atomic E-state index is 0.0843. The minimum Gasteiger partial charge on any atom is -0.287 e. The fraction of sp³-hybridized carbons (Fsp3) is 0.0952. The van der Waals surface area contributed by atoms with Gasteiger partial charge in [0.2, 0.25) is 5.78 Å². The third kappa shape index (κ3) is 4.33. The molecule has 7 nitrogen and oxygen atoms in total. The smallest absolute Gasteiger partial charge is 0.287 e. The Hall–Kier alpha value is -3.15. The van der Waals surface area contributed by atoms with Gasteiger partial charge in [-0.25, -0.2) is 18.0 Å². The Balaban J connectivity index is 1.78. The number of nitrogens with one attached hydrogen (secondary N) is 2. The first kappa shape index (κ1) is 24.0. The first-order chi connectivity index (χ1) is 15.9. The van der Waals surface area contributed by atoms with Crippen LogP contribution in [0.3, 0.4) is 0 Å². The van der Waals surface area contributed by atoms with Crippen LogP contribution in [0, 0.1) is 0 Å². The molecule has 0 aliphatic heterocycles. The monoisotopic (exact) mass is 529 g/mol. The first-order valence-electron chi connectivity index (χ1n) is 9.44. The molecule has 0 bridgehead atoms. The predicted molar refractivity (Wildman–Crippen MR) is 119 cm³/mol. The van der Waals surface area contributed by atoms with Gasteiger partial charge >= 0.3 is 6.18 Å². The van der Waals surface area contributed by atoms with Gasteiger partial charge in [0.1, 0.15) is 11.9 Å². The molecule has 0 amide bonds. The number of hydrogen-bond acceptors (Lipinski definition) is 4. The maximum Gasteiger partial charge on any atom is 0.417 e. The SMILES string of the molecule is C[n+]1cc(Cl)c(C(=O)c2ncccc2NS(=O)(=O)c2ccc(Cl)c(C(F)(F)F)c2)c2cc[nH]c21. The number of aromatic nitrogens is 3. The first-order valence-corrected chi connectivity index (χ1v) is 11.7. The van der Waals surface area contributed by atoms with Crippen LogP contribution in [-0.2, 0) is 23.2 Å². The predicted octanol–water partition coefficient (Wildman–Crippen LogP) is 4.74. The molecule has 0 spiro atoms. The number of fused-ring (bicyclic) bond motifs is 1. The Bertz CT molecular complexity index is 1550. The van der Waals surface area contributed by atoms with Gasteiger partial charge in [-0.1, -0.05) is 23.2 Å². The lowest BCUT2D eigenvalue weighted by atomic mass is 10.0. The van der Waals surface area contributed by atoms with Crippen LogP contribution >= 0.6 is 23.2 Å². The number of carbonyl (C=O) groups excluding carboxylic acids is 1. The van der Waals surface area contributed by atoms with Crippen molar-refractivity contribution in [1.82, 2.24) is 9.97 Å². The van der Waals surface area contributed by atoms with E-state index in [4.69, 9.17) is 23.2 Å². The third-order valence-electron chi connectivity index (χ3n) is 4.94. The number of benzene rings is 1. The van der Waals surface area contributed by atoms with Gasteiger partial charge in [-0.3, -0.25) is 14.5 Å². The second-order valence-corrected chi connectivity index (χ2v) is 9.67. The summed E-state index contributed by atoms with van der Waals surface area (Å²) in [6.45, 7) is 0. The third-order valence-corrected chi connectivity index (χ3v) is 6.92. The lowest BCUT2D eigenvalue weighted by Crippen LogP contribution is -2.30. The normalized spacial score (nSPS) is 12.2. The molecule has 0 radical (unpaired) electrons. The minimum atomic E-state index is -4.86. The quantitative estimate of drug-likeness (QED) is 0.288. The van der Waals surface area contributed by atoms with Crippen LogP contribution in [0.1, 0.15) is 21.6 Å². The molecule has 34 heavy (non-hydrogen) atoms. The fourth-order valence-electron chi connectivity index (χ4n) is 3.39.